The van der Waals surface area contributed by atoms with Gasteiger partial charge in [0.1, 0.15) is 5.82 Å². The van der Waals surface area contributed by atoms with E-state index in [9.17, 15) is 14.0 Å². The molecule has 2 amide bonds. The van der Waals surface area contributed by atoms with Gasteiger partial charge in [-0.1, -0.05) is 12.1 Å². The van der Waals surface area contributed by atoms with E-state index in [1.54, 1.807) is 17.0 Å². The maximum Gasteiger partial charge on any atom is 0.251 e. The number of rotatable bonds is 3. The van der Waals surface area contributed by atoms with Gasteiger partial charge in [-0.2, -0.15) is 0 Å². The van der Waals surface area contributed by atoms with E-state index in [0.717, 1.165) is 12.0 Å². The number of carbonyl (C=O) groups excluding carboxylic acids is 2. The van der Waals surface area contributed by atoms with E-state index >= 15 is 0 Å². The molecule has 0 aromatic heterocycles. The number of hydrogen-bond donors (Lipinski definition) is 0. The number of likely N-dealkylation sites (tertiary alicyclic amines) is 1. The molecule has 2 fully saturated rings. The number of piperidine rings is 1. The van der Waals surface area contributed by atoms with Crippen molar-refractivity contribution in [3.63, 3.8) is 0 Å². The zero-order valence-electron chi connectivity index (χ0n) is 12.3. The summed E-state index contributed by atoms with van der Waals surface area (Å²) < 4.78 is 13.2. The number of hydrogen-bond acceptors (Lipinski definition) is 3. The Balaban J connectivity index is 1.65. The van der Waals surface area contributed by atoms with Crippen LogP contribution in [0.5, 0.6) is 0 Å². The molecule has 0 saturated carbocycles. The maximum atomic E-state index is 13.2. The predicted molar refractivity (Wildman–Crippen MR) is 76.8 cm³/mol. The maximum absolute atomic E-state index is 13.2. The zero-order chi connectivity index (χ0) is 15.5. The molecule has 1 aromatic rings. The molecule has 0 N–H and O–H groups in total. The van der Waals surface area contributed by atoms with Gasteiger partial charge in [0.15, 0.2) is 0 Å². The summed E-state index contributed by atoms with van der Waals surface area (Å²) in [6, 6.07) is 6.20. The van der Waals surface area contributed by atoms with Gasteiger partial charge in [-0.25, -0.2) is 9.45 Å². The minimum absolute atomic E-state index is 0.00986. The van der Waals surface area contributed by atoms with Gasteiger partial charge < -0.3 is 4.90 Å². The summed E-state index contributed by atoms with van der Waals surface area (Å²) in [5.74, 6) is -0.589. The van der Waals surface area contributed by atoms with E-state index < -0.39 is 0 Å². The highest BCUT2D eigenvalue weighted by Gasteiger charge is 2.34. The lowest BCUT2D eigenvalue weighted by molar-refractivity contribution is -0.175. The smallest absolute Gasteiger partial charge is 0.251 e. The Morgan fingerprint density at radius 3 is 3.00 bits per heavy atom. The predicted octanol–water partition coefficient (Wildman–Crippen LogP) is 1.73. The molecule has 6 heteroatoms. The zero-order valence-corrected chi connectivity index (χ0v) is 12.3. The first-order valence-corrected chi connectivity index (χ1v) is 7.60. The molecule has 2 heterocycles. The van der Waals surface area contributed by atoms with Crippen molar-refractivity contribution in [1.82, 2.24) is 9.96 Å². The van der Waals surface area contributed by atoms with E-state index in [-0.39, 0.29) is 23.5 Å². The van der Waals surface area contributed by atoms with Gasteiger partial charge in [0, 0.05) is 19.5 Å². The minimum Gasteiger partial charge on any atom is -0.338 e. The Morgan fingerprint density at radius 2 is 2.27 bits per heavy atom. The quantitative estimate of drug-likeness (QED) is 0.854. The van der Waals surface area contributed by atoms with Crippen molar-refractivity contribution in [1.29, 1.82) is 0 Å². The van der Waals surface area contributed by atoms with Gasteiger partial charge in [-0.05, 0) is 30.5 Å². The summed E-state index contributed by atoms with van der Waals surface area (Å²) in [7, 11) is 0. The van der Waals surface area contributed by atoms with E-state index in [4.69, 9.17) is 4.84 Å². The number of nitrogens with zero attached hydrogens (tertiary/aromatic N) is 2. The molecule has 5 nitrogen and oxygen atoms in total. The molecule has 0 bridgehead atoms. The number of hydroxylamine groups is 2. The molecule has 2 aliphatic rings. The molecule has 0 aliphatic carbocycles. The molecule has 1 atom stereocenters. The van der Waals surface area contributed by atoms with Crippen molar-refractivity contribution in [2.24, 2.45) is 5.92 Å². The Labute approximate surface area is 128 Å². The second-order valence-electron chi connectivity index (χ2n) is 5.77. The molecule has 1 aromatic carbocycles. The standard InChI is InChI=1S/C16H19FN2O3/c17-14-4-1-3-12(9-14)10-18-11-13(5-6-15(18)20)16(21)19-7-2-8-22-19/h1,3-4,9,13H,2,5-8,10-11H2/t13-/m1/s1. The lowest BCUT2D eigenvalue weighted by Crippen LogP contribution is -2.45. The summed E-state index contributed by atoms with van der Waals surface area (Å²) in [5.41, 5.74) is 0.735. The van der Waals surface area contributed by atoms with Crippen LogP contribution >= 0.6 is 0 Å². The van der Waals surface area contributed by atoms with Crippen LogP contribution in [-0.2, 0) is 21.0 Å². The van der Waals surface area contributed by atoms with E-state index in [1.165, 1.54) is 17.2 Å². The van der Waals surface area contributed by atoms with Crippen molar-refractivity contribution < 1.29 is 18.8 Å². The molecule has 0 unspecified atom stereocenters. The number of halogens is 1. The minimum atomic E-state index is -0.319. The van der Waals surface area contributed by atoms with Gasteiger partial charge in [0.25, 0.3) is 5.91 Å². The van der Waals surface area contributed by atoms with Crippen LogP contribution < -0.4 is 0 Å². The van der Waals surface area contributed by atoms with Crippen molar-refractivity contribution in [3.8, 4) is 0 Å². The van der Waals surface area contributed by atoms with Crippen molar-refractivity contribution in [2.75, 3.05) is 19.7 Å². The molecule has 2 aliphatic heterocycles. The van der Waals surface area contributed by atoms with Crippen LogP contribution in [0.1, 0.15) is 24.8 Å². The molecule has 0 radical (unpaired) electrons. The summed E-state index contributed by atoms with van der Waals surface area (Å²) >= 11 is 0. The van der Waals surface area contributed by atoms with Crippen molar-refractivity contribution in [3.05, 3.63) is 35.6 Å². The summed E-state index contributed by atoms with van der Waals surface area (Å²) in [5, 5.41) is 1.42. The monoisotopic (exact) mass is 306 g/mol. The van der Waals surface area contributed by atoms with Gasteiger partial charge >= 0.3 is 0 Å². The fourth-order valence-corrected chi connectivity index (χ4v) is 2.95. The first kappa shape index (κ1) is 15.0. The Hall–Kier alpha value is -1.95. The number of benzene rings is 1. The summed E-state index contributed by atoms with van der Waals surface area (Å²) in [4.78, 5) is 31.3. The Bertz CT molecular complexity index is 572. The fraction of sp³-hybridized carbons (Fsp3) is 0.500. The molecular weight excluding hydrogens is 287 g/mol. The van der Waals surface area contributed by atoms with Gasteiger partial charge in [-0.15, -0.1) is 0 Å². The lowest BCUT2D eigenvalue weighted by Gasteiger charge is -2.33. The van der Waals surface area contributed by atoms with Crippen LogP contribution in [0.4, 0.5) is 4.39 Å². The topological polar surface area (TPSA) is 49.9 Å². The third kappa shape index (κ3) is 3.27. The molecule has 2 saturated heterocycles. The van der Waals surface area contributed by atoms with E-state index in [0.29, 0.717) is 39.1 Å². The normalized spacial score (nSPS) is 22.2. The van der Waals surface area contributed by atoms with Crippen molar-refractivity contribution in [2.45, 2.75) is 25.8 Å². The first-order chi connectivity index (χ1) is 10.6. The van der Waals surface area contributed by atoms with Crippen LogP contribution in [0.3, 0.4) is 0 Å². The third-order valence-electron chi connectivity index (χ3n) is 4.11. The summed E-state index contributed by atoms with van der Waals surface area (Å²) in [6.07, 6.45) is 1.75. The highest BCUT2D eigenvalue weighted by atomic mass is 19.1. The lowest BCUT2D eigenvalue weighted by atomic mass is 9.96. The van der Waals surface area contributed by atoms with Crippen LogP contribution in [-0.4, -0.2) is 41.5 Å². The van der Waals surface area contributed by atoms with Gasteiger partial charge in [0.05, 0.1) is 19.1 Å². The molecule has 22 heavy (non-hydrogen) atoms. The SMILES string of the molecule is O=C1CC[C@@H](C(=O)N2CCCO2)CN1Cc1cccc(F)c1. The van der Waals surface area contributed by atoms with Gasteiger partial charge in [-0.3, -0.25) is 14.4 Å². The number of amides is 2. The second kappa shape index (κ2) is 6.44. The molecule has 3 rings (SSSR count). The van der Waals surface area contributed by atoms with Crippen LogP contribution in [0.2, 0.25) is 0 Å². The average Bonchev–Trinajstić information content (AvgIpc) is 3.03. The van der Waals surface area contributed by atoms with E-state index in [1.807, 2.05) is 0 Å². The van der Waals surface area contributed by atoms with Crippen LogP contribution in [0.25, 0.3) is 0 Å². The van der Waals surface area contributed by atoms with E-state index in [2.05, 4.69) is 0 Å². The largest absolute Gasteiger partial charge is 0.338 e. The van der Waals surface area contributed by atoms with Gasteiger partial charge in [0.2, 0.25) is 5.91 Å². The summed E-state index contributed by atoms with van der Waals surface area (Å²) in [6.45, 7) is 1.90. The molecule has 0 spiro atoms. The highest BCUT2D eigenvalue weighted by molar-refractivity contribution is 5.83. The molecular formula is C16H19FN2O3. The van der Waals surface area contributed by atoms with Crippen LogP contribution in [0, 0.1) is 11.7 Å². The Kier molecular flexibility index (Phi) is 4.38. The highest BCUT2D eigenvalue weighted by Crippen LogP contribution is 2.23. The second-order valence-corrected chi connectivity index (χ2v) is 5.77. The first-order valence-electron chi connectivity index (χ1n) is 7.60. The number of carbonyl (C=O) groups is 2. The molecule has 118 valence electrons. The third-order valence-corrected chi connectivity index (χ3v) is 4.11. The van der Waals surface area contributed by atoms with Crippen molar-refractivity contribution >= 4 is 11.8 Å². The average molecular weight is 306 g/mol. The van der Waals surface area contributed by atoms with Crippen LogP contribution in [0.15, 0.2) is 24.3 Å². The fourth-order valence-electron chi connectivity index (χ4n) is 2.95. The Morgan fingerprint density at radius 1 is 1.41 bits per heavy atom.